The molecule has 2 aromatic rings. The number of hydrogen-bond donors (Lipinski definition) is 1. The molecule has 1 aliphatic rings. The van der Waals surface area contributed by atoms with Crippen LogP contribution in [0.5, 0.6) is 0 Å². The van der Waals surface area contributed by atoms with Gasteiger partial charge in [0.15, 0.2) is 4.77 Å². The van der Waals surface area contributed by atoms with E-state index in [0.29, 0.717) is 4.77 Å². The summed E-state index contributed by atoms with van der Waals surface area (Å²) in [6.45, 7) is 8.76. The number of thiophene rings is 1. The third-order valence-electron chi connectivity index (χ3n) is 4.76. The topological polar surface area (TPSA) is 37.8 Å². The maximum Gasteiger partial charge on any atom is 0.263 e. The van der Waals surface area contributed by atoms with Crippen molar-refractivity contribution in [3.63, 3.8) is 0 Å². The number of nitrogens with zero attached hydrogens (tertiary/aromatic N) is 1. The molecule has 18 heavy (non-hydrogen) atoms. The molecule has 5 heteroatoms. The van der Waals surface area contributed by atoms with Crippen LogP contribution in [0, 0.1) is 15.6 Å². The molecule has 0 atom stereocenters. The standard InChI is InChI=1S/C13H16N2OS2/c1-12(2)10(13(12,3)4)15-9(16)7-5-6-18-8(7)14-11(15)17/h5-6,10H,1-4H3,(H,14,17). The van der Waals surface area contributed by atoms with E-state index in [-0.39, 0.29) is 22.4 Å². The van der Waals surface area contributed by atoms with E-state index in [1.807, 2.05) is 11.4 Å². The molecule has 0 amide bonds. The zero-order valence-electron chi connectivity index (χ0n) is 10.9. The van der Waals surface area contributed by atoms with Crippen molar-refractivity contribution in [2.45, 2.75) is 33.7 Å². The maximum atomic E-state index is 12.6. The van der Waals surface area contributed by atoms with Crippen LogP contribution in [0.1, 0.15) is 33.7 Å². The highest BCUT2D eigenvalue weighted by atomic mass is 32.1. The van der Waals surface area contributed by atoms with Crippen molar-refractivity contribution in [2.75, 3.05) is 0 Å². The lowest BCUT2D eigenvalue weighted by atomic mass is 10.0. The van der Waals surface area contributed by atoms with Gasteiger partial charge in [0.1, 0.15) is 4.83 Å². The molecular weight excluding hydrogens is 264 g/mol. The van der Waals surface area contributed by atoms with Crippen LogP contribution in [0.4, 0.5) is 0 Å². The Hall–Kier alpha value is -0.940. The smallest absolute Gasteiger partial charge is 0.263 e. The van der Waals surface area contributed by atoms with Crippen LogP contribution in [0.2, 0.25) is 0 Å². The molecule has 96 valence electrons. The monoisotopic (exact) mass is 280 g/mol. The van der Waals surface area contributed by atoms with Crippen LogP contribution >= 0.6 is 23.6 Å². The predicted molar refractivity (Wildman–Crippen MR) is 77.9 cm³/mol. The van der Waals surface area contributed by atoms with Gasteiger partial charge in [0.05, 0.1) is 11.4 Å². The molecule has 0 radical (unpaired) electrons. The quantitative estimate of drug-likeness (QED) is 0.808. The minimum Gasteiger partial charge on any atom is -0.323 e. The summed E-state index contributed by atoms with van der Waals surface area (Å²) in [5.74, 6) is 0. The molecule has 0 saturated heterocycles. The fourth-order valence-electron chi connectivity index (χ4n) is 3.00. The number of aromatic amines is 1. The SMILES string of the molecule is CC1(C)C(n2c(=S)[nH]c3sccc3c2=O)C1(C)C. The zero-order valence-corrected chi connectivity index (χ0v) is 12.5. The molecule has 0 spiro atoms. The molecular formula is C13H16N2OS2. The number of hydrogen-bond acceptors (Lipinski definition) is 3. The van der Waals surface area contributed by atoms with Gasteiger partial charge in [0.2, 0.25) is 0 Å². The summed E-state index contributed by atoms with van der Waals surface area (Å²) in [5, 5.41) is 2.66. The van der Waals surface area contributed by atoms with E-state index >= 15 is 0 Å². The number of fused-ring (bicyclic) bond motifs is 1. The Bertz CT molecular complexity index is 734. The van der Waals surface area contributed by atoms with Gasteiger partial charge >= 0.3 is 0 Å². The highest BCUT2D eigenvalue weighted by Gasteiger charge is 2.66. The van der Waals surface area contributed by atoms with Crippen molar-refractivity contribution in [3.05, 3.63) is 26.6 Å². The van der Waals surface area contributed by atoms with Gasteiger partial charge in [-0.25, -0.2) is 0 Å². The summed E-state index contributed by atoms with van der Waals surface area (Å²) in [5.41, 5.74) is 0.239. The van der Waals surface area contributed by atoms with Crippen molar-refractivity contribution < 1.29 is 0 Å². The highest BCUT2D eigenvalue weighted by molar-refractivity contribution is 7.71. The molecule has 0 bridgehead atoms. The Morgan fingerprint density at radius 3 is 2.50 bits per heavy atom. The number of rotatable bonds is 1. The lowest BCUT2D eigenvalue weighted by Gasteiger charge is -2.08. The second-order valence-corrected chi connectivity index (χ2v) is 7.42. The summed E-state index contributed by atoms with van der Waals surface area (Å²) in [7, 11) is 0. The largest absolute Gasteiger partial charge is 0.323 e. The molecule has 0 unspecified atom stereocenters. The minimum absolute atomic E-state index is 0.0404. The molecule has 1 aliphatic carbocycles. The number of aromatic nitrogens is 2. The first-order valence-electron chi connectivity index (χ1n) is 6.00. The van der Waals surface area contributed by atoms with Gasteiger partial charge in [-0.2, -0.15) is 0 Å². The third kappa shape index (κ3) is 1.29. The average Bonchev–Trinajstić information content (AvgIpc) is 2.67. The summed E-state index contributed by atoms with van der Waals surface area (Å²) in [6.07, 6.45) is 0. The number of H-pyrrole nitrogens is 1. The molecule has 2 heterocycles. The molecule has 1 fully saturated rings. The first kappa shape index (κ1) is 12.1. The molecule has 2 aromatic heterocycles. The van der Waals surface area contributed by atoms with Gasteiger partial charge in [-0.3, -0.25) is 9.36 Å². The Kier molecular flexibility index (Phi) is 2.24. The fraction of sp³-hybridized carbons (Fsp3) is 0.538. The van der Waals surface area contributed by atoms with Gasteiger partial charge in [-0.15, -0.1) is 11.3 Å². The maximum absolute atomic E-state index is 12.6. The van der Waals surface area contributed by atoms with Gasteiger partial charge in [0.25, 0.3) is 5.56 Å². The van der Waals surface area contributed by atoms with Crippen LogP contribution in [0.25, 0.3) is 10.2 Å². The van der Waals surface area contributed by atoms with Crippen molar-refractivity contribution in [1.82, 2.24) is 9.55 Å². The van der Waals surface area contributed by atoms with Crippen LogP contribution < -0.4 is 5.56 Å². The second kappa shape index (κ2) is 3.33. The van der Waals surface area contributed by atoms with E-state index in [2.05, 4.69) is 32.7 Å². The Morgan fingerprint density at radius 2 is 1.94 bits per heavy atom. The molecule has 0 aliphatic heterocycles. The predicted octanol–water partition coefficient (Wildman–Crippen LogP) is 3.73. The summed E-state index contributed by atoms with van der Waals surface area (Å²) < 4.78 is 2.31. The minimum atomic E-state index is 0.0404. The summed E-state index contributed by atoms with van der Waals surface area (Å²) in [4.78, 5) is 16.6. The molecule has 3 nitrogen and oxygen atoms in total. The Balaban J connectivity index is 2.32. The average molecular weight is 280 g/mol. The lowest BCUT2D eigenvalue weighted by molar-refractivity contribution is 0.457. The number of nitrogens with one attached hydrogen (secondary N) is 1. The second-order valence-electron chi connectivity index (χ2n) is 6.11. The van der Waals surface area contributed by atoms with E-state index in [4.69, 9.17) is 12.2 Å². The van der Waals surface area contributed by atoms with Gasteiger partial charge in [-0.1, -0.05) is 27.7 Å². The van der Waals surface area contributed by atoms with Crippen molar-refractivity contribution in [1.29, 1.82) is 0 Å². The van der Waals surface area contributed by atoms with E-state index in [1.54, 1.807) is 4.57 Å². The first-order chi connectivity index (χ1) is 8.28. The zero-order chi connectivity index (χ0) is 13.3. The van der Waals surface area contributed by atoms with E-state index in [0.717, 1.165) is 10.2 Å². The lowest BCUT2D eigenvalue weighted by Crippen LogP contribution is -2.23. The Morgan fingerprint density at radius 1 is 1.33 bits per heavy atom. The van der Waals surface area contributed by atoms with Crippen molar-refractivity contribution >= 4 is 33.8 Å². The molecule has 3 rings (SSSR count). The van der Waals surface area contributed by atoms with E-state index in [1.165, 1.54) is 11.3 Å². The van der Waals surface area contributed by atoms with Gasteiger partial charge < -0.3 is 4.98 Å². The fourth-order valence-corrected chi connectivity index (χ4v) is 4.13. The van der Waals surface area contributed by atoms with Crippen LogP contribution in [-0.4, -0.2) is 9.55 Å². The summed E-state index contributed by atoms with van der Waals surface area (Å²) in [6, 6.07) is 2.04. The normalized spacial score (nSPS) is 21.3. The van der Waals surface area contributed by atoms with Gasteiger partial charge in [0, 0.05) is 0 Å². The van der Waals surface area contributed by atoms with Crippen LogP contribution in [-0.2, 0) is 0 Å². The van der Waals surface area contributed by atoms with Crippen molar-refractivity contribution in [3.8, 4) is 0 Å². The molecule has 1 saturated carbocycles. The van der Waals surface area contributed by atoms with Crippen molar-refractivity contribution in [2.24, 2.45) is 10.8 Å². The third-order valence-corrected chi connectivity index (χ3v) is 5.89. The Labute approximate surface area is 114 Å². The van der Waals surface area contributed by atoms with Gasteiger partial charge in [-0.05, 0) is 34.5 Å². The first-order valence-corrected chi connectivity index (χ1v) is 7.29. The van der Waals surface area contributed by atoms with Crippen LogP contribution in [0.15, 0.2) is 16.2 Å². The summed E-state index contributed by atoms with van der Waals surface area (Å²) >= 11 is 6.89. The van der Waals surface area contributed by atoms with E-state index < -0.39 is 0 Å². The highest BCUT2D eigenvalue weighted by Crippen LogP contribution is 2.71. The molecule has 0 aromatic carbocycles. The van der Waals surface area contributed by atoms with E-state index in [9.17, 15) is 4.79 Å². The van der Waals surface area contributed by atoms with Crippen LogP contribution in [0.3, 0.4) is 0 Å². The molecule has 1 N–H and O–H groups in total.